The van der Waals surface area contributed by atoms with Gasteiger partial charge in [-0.05, 0) is 49.2 Å². The average Bonchev–Trinajstić information content (AvgIpc) is 3.22. The Morgan fingerprint density at radius 3 is 2.33 bits per heavy atom. The number of likely N-dealkylation sites (tertiary alicyclic amines) is 1. The molecule has 0 aliphatic carbocycles. The van der Waals surface area contributed by atoms with Crippen molar-refractivity contribution in [1.29, 1.82) is 0 Å². The summed E-state index contributed by atoms with van der Waals surface area (Å²) in [5, 5.41) is 0. The lowest BCUT2D eigenvalue weighted by atomic mass is 10.0. The summed E-state index contributed by atoms with van der Waals surface area (Å²) in [6, 6.07) is 10.9. The molecule has 0 spiro atoms. The van der Waals surface area contributed by atoms with E-state index in [-0.39, 0.29) is 24.5 Å². The summed E-state index contributed by atoms with van der Waals surface area (Å²) in [4.78, 5) is 26.1. The van der Waals surface area contributed by atoms with Gasteiger partial charge in [-0.15, -0.1) is 0 Å². The molecule has 1 fully saturated rings. The highest BCUT2D eigenvalue weighted by atomic mass is 16.5. The van der Waals surface area contributed by atoms with E-state index in [1.54, 1.807) is 42.3 Å². The van der Waals surface area contributed by atoms with Gasteiger partial charge < -0.3 is 23.7 Å². The third-order valence-electron chi connectivity index (χ3n) is 4.81. The lowest BCUT2D eigenvalue weighted by Crippen LogP contribution is -2.41. The van der Waals surface area contributed by atoms with Gasteiger partial charge in [-0.3, -0.25) is 4.79 Å². The number of hydrogen-bond acceptors (Lipinski definition) is 5. The first kappa shape index (κ1) is 18.8. The number of carbonyl (C=O) groups is 2. The quantitative estimate of drug-likeness (QED) is 0.729. The standard InChI is InChI=1S/C20H24N2O5/c1-25-16-5-7-17(8-6-16)27-14-19(23)21-12-9-15(10-13-21)22-11-3-4-18(22)20(24)26-2/h3-8,11,15H,9-10,12-14H2,1-2H3. The zero-order chi connectivity index (χ0) is 19.2. The number of ether oxygens (including phenoxy) is 3. The molecule has 1 aromatic heterocycles. The summed E-state index contributed by atoms with van der Waals surface area (Å²) >= 11 is 0. The van der Waals surface area contributed by atoms with E-state index in [1.165, 1.54) is 7.11 Å². The van der Waals surface area contributed by atoms with E-state index < -0.39 is 0 Å². The Hall–Kier alpha value is -2.96. The molecule has 0 radical (unpaired) electrons. The first-order valence-electron chi connectivity index (χ1n) is 8.92. The largest absolute Gasteiger partial charge is 0.497 e. The van der Waals surface area contributed by atoms with Crippen LogP contribution in [0.1, 0.15) is 29.4 Å². The number of methoxy groups -OCH3 is 2. The molecule has 0 atom stereocenters. The Bertz CT molecular complexity index is 776. The highest BCUT2D eigenvalue weighted by molar-refractivity contribution is 5.87. The van der Waals surface area contributed by atoms with E-state index in [2.05, 4.69) is 0 Å². The number of amides is 1. The first-order valence-corrected chi connectivity index (χ1v) is 8.92. The van der Waals surface area contributed by atoms with Gasteiger partial charge in [-0.2, -0.15) is 0 Å². The van der Waals surface area contributed by atoms with Crippen molar-refractivity contribution in [3.8, 4) is 11.5 Å². The van der Waals surface area contributed by atoms with Crippen LogP contribution in [0.5, 0.6) is 11.5 Å². The van der Waals surface area contributed by atoms with E-state index in [9.17, 15) is 9.59 Å². The van der Waals surface area contributed by atoms with E-state index >= 15 is 0 Å². The van der Waals surface area contributed by atoms with E-state index in [0.29, 0.717) is 24.5 Å². The summed E-state index contributed by atoms with van der Waals surface area (Å²) < 4.78 is 17.4. The second-order valence-corrected chi connectivity index (χ2v) is 6.37. The minimum atomic E-state index is -0.341. The van der Waals surface area contributed by atoms with Crippen molar-refractivity contribution >= 4 is 11.9 Å². The topological polar surface area (TPSA) is 70.0 Å². The highest BCUT2D eigenvalue weighted by Crippen LogP contribution is 2.25. The number of hydrogen-bond donors (Lipinski definition) is 0. The van der Waals surface area contributed by atoms with E-state index in [4.69, 9.17) is 14.2 Å². The van der Waals surface area contributed by atoms with Crippen LogP contribution in [0.4, 0.5) is 0 Å². The maximum Gasteiger partial charge on any atom is 0.354 e. The van der Waals surface area contributed by atoms with Gasteiger partial charge in [0.2, 0.25) is 0 Å². The molecule has 1 saturated heterocycles. The molecule has 144 valence electrons. The number of carbonyl (C=O) groups excluding carboxylic acids is 2. The molecular formula is C20H24N2O5. The SMILES string of the molecule is COC(=O)c1cccn1C1CCN(C(=O)COc2ccc(OC)cc2)CC1. The van der Waals surface area contributed by atoms with Crippen LogP contribution in [0, 0.1) is 0 Å². The number of aromatic nitrogens is 1. The van der Waals surface area contributed by atoms with Crippen LogP contribution in [-0.4, -0.2) is 55.3 Å². The monoisotopic (exact) mass is 372 g/mol. The molecule has 1 aliphatic heterocycles. The van der Waals surface area contributed by atoms with E-state index in [1.807, 2.05) is 16.8 Å². The van der Waals surface area contributed by atoms with Crippen LogP contribution in [0.25, 0.3) is 0 Å². The fraction of sp³-hybridized carbons (Fsp3) is 0.400. The Morgan fingerprint density at radius 1 is 1.04 bits per heavy atom. The second-order valence-electron chi connectivity index (χ2n) is 6.37. The molecule has 1 amide bonds. The van der Waals surface area contributed by atoms with Gasteiger partial charge in [0.05, 0.1) is 14.2 Å². The molecule has 7 heteroatoms. The van der Waals surface area contributed by atoms with Gasteiger partial charge in [-0.1, -0.05) is 0 Å². The van der Waals surface area contributed by atoms with Crippen LogP contribution in [0.3, 0.4) is 0 Å². The molecule has 3 rings (SSSR count). The van der Waals surface area contributed by atoms with Crippen molar-refractivity contribution in [2.24, 2.45) is 0 Å². The lowest BCUT2D eigenvalue weighted by Gasteiger charge is -2.33. The number of nitrogens with zero attached hydrogens (tertiary/aromatic N) is 2. The zero-order valence-electron chi connectivity index (χ0n) is 15.6. The summed E-state index contributed by atoms with van der Waals surface area (Å²) in [5.74, 6) is 0.998. The molecular weight excluding hydrogens is 348 g/mol. The van der Waals surface area contributed by atoms with Crippen LogP contribution in [0.2, 0.25) is 0 Å². The minimum Gasteiger partial charge on any atom is -0.497 e. The normalized spacial score (nSPS) is 14.7. The molecule has 1 aliphatic rings. The molecule has 2 heterocycles. The van der Waals surface area contributed by atoms with Crippen LogP contribution in [-0.2, 0) is 9.53 Å². The molecule has 0 unspecified atom stereocenters. The second kappa shape index (κ2) is 8.62. The predicted octanol–water partition coefficient (Wildman–Crippen LogP) is 2.53. The molecule has 27 heavy (non-hydrogen) atoms. The Kier molecular flexibility index (Phi) is 6.01. The fourth-order valence-corrected chi connectivity index (χ4v) is 3.29. The molecule has 7 nitrogen and oxygen atoms in total. The summed E-state index contributed by atoms with van der Waals surface area (Å²) in [6.07, 6.45) is 3.46. The van der Waals surface area contributed by atoms with Crippen LogP contribution in [0.15, 0.2) is 42.6 Å². The van der Waals surface area contributed by atoms with Crippen molar-refractivity contribution < 1.29 is 23.8 Å². The van der Waals surface area contributed by atoms with Crippen molar-refractivity contribution in [3.63, 3.8) is 0 Å². The minimum absolute atomic E-state index is 0.00786. The maximum atomic E-state index is 12.4. The summed E-state index contributed by atoms with van der Waals surface area (Å²) in [5.41, 5.74) is 0.546. The van der Waals surface area contributed by atoms with Gasteiger partial charge in [-0.25, -0.2) is 4.79 Å². The predicted molar refractivity (Wildman–Crippen MR) is 99.1 cm³/mol. The number of piperidine rings is 1. The van der Waals surface area contributed by atoms with Crippen LogP contribution < -0.4 is 9.47 Å². The average molecular weight is 372 g/mol. The van der Waals surface area contributed by atoms with Gasteiger partial charge in [0.25, 0.3) is 5.91 Å². The van der Waals surface area contributed by atoms with Crippen molar-refractivity contribution in [2.75, 3.05) is 33.9 Å². The van der Waals surface area contributed by atoms with Gasteiger partial charge in [0.15, 0.2) is 6.61 Å². The van der Waals surface area contributed by atoms with Gasteiger partial charge >= 0.3 is 5.97 Å². The lowest BCUT2D eigenvalue weighted by molar-refractivity contribution is -0.134. The molecule has 2 aromatic rings. The third-order valence-corrected chi connectivity index (χ3v) is 4.81. The molecule has 1 aromatic carbocycles. The summed E-state index contributed by atoms with van der Waals surface area (Å²) in [6.45, 7) is 1.27. The van der Waals surface area contributed by atoms with Crippen LogP contribution >= 0.6 is 0 Å². The van der Waals surface area contributed by atoms with Crippen molar-refractivity contribution in [3.05, 3.63) is 48.3 Å². The number of rotatable bonds is 6. The molecule has 0 N–H and O–H groups in total. The third kappa shape index (κ3) is 4.42. The number of benzene rings is 1. The van der Waals surface area contributed by atoms with Crippen molar-refractivity contribution in [2.45, 2.75) is 18.9 Å². The Morgan fingerprint density at radius 2 is 1.70 bits per heavy atom. The Labute approximate surface area is 158 Å². The molecule has 0 bridgehead atoms. The fourth-order valence-electron chi connectivity index (χ4n) is 3.29. The maximum absolute atomic E-state index is 12.4. The van der Waals surface area contributed by atoms with E-state index in [0.717, 1.165) is 18.6 Å². The highest BCUT2D eigenvalue weighted by Gasteiger charge is 2.26. The van der Waals surface area contributed by atoms with Gasteiger partial charge in [0, 0.05) is 25.3 Å². The zero-order valence-corrected chi connectivity index (χ0v) is 15.6. The Balaban J connectivity index is 1.50. The van der Waals surface area contributed by atoms with Gasteiger partial charge in [0.1, 0.15) is 17.2 Å². The summed E-state index contributed by atoms with van der Waals surface area (Å²) in [7, 11) is 2.98. The smallest absolute Gasteiger partial charge is 0.354 e. The van der Waals surface area contributed by atoms with Crippen molar-refractivity contribution in [1.82, 2.24) is 9.47 Å². The first-order chi connectivity index (χ1) is 13.1. The molecule has 0 saturated carbocycles. The number of esters is 1.